The van der Waals surface area contributed by atoms with Gasteiger partial charge >= 0.3 is 0 Å². The van der Waals surface area contributed by atoms with Crippen molar-refractivity contribution in [3.05, 3.63) is 59.7 Å². The summed E-state index contributed by atoms with van der Waals surface area (Å²) in [4.78, 5) is 12.3. The molecule has 0 radical (unpaired) electrons. The fourth-order valence-electron chi connectivity index (χ4n) is 2.39. The first-order valence-corrected chi connectivity index (χ1v) is 8.94. The van der Waals surface area contributed by atoms with Crippen LogP contribution in [0.4, 0.5) is 0 Å². The van der Waals surface area contributed by atoms with Gasteiger partial charge in [0.15, 0.2) is 11.5 Å². The van der Waals surface area contributed by atoms with Crippen molar-refractivity contribution in [2.24, 2.45) is 0 Å². The Morgan fingerprint density at radius 3 is 2.52 bits per heavy atom. The van der Waals surface area contributed by atoms with Gasteiger partial charge in [0.2, 0.25) is 0 Å². The van der Waals surface area contributed by atoms with Crippen molar-refractivity contribution in [3.63, 3.8) is 0 Å². The van der Waals surface area contributed by atoms with Gasteiger partial charge in [0.25, 0.3) is 5.91 Å². The molecule has 2 rings (SSSR count). The summed E-state index contributed by atoms with van der Waals surface area (Å²) in [6, 6.07) is 15.0. The Kier molecular flexibility index (Phi) is 9.17. The van der Waals surface area contributed by atoms with Crippen molar-refractivity contribution in [2.75, 3.05) is 40.6 Å². The second-order valence-corrected chi connectivity index (χ2v) is 5.85. The molecule has 0 atom stereocenters. The Morgan fingerprint density at radius 2 is 1.78 bits per heavy atom. The van der Waals surface area contributed by atoms with Crippen LogP contribution in [0.1, 0.15) is 22.3 Å². The predicted octanol–water partition coefficient (Wildman–Crippen LogP) is 3.06. The van der Waals surface area contributed by atoms with Crippen molar-refractivity contribution in [3.8, 4) is 11.5 Å². The number of benzene rings is 2. The molecule has 0 spiro atoms. The van der Waals surface area contributed by atoms with E-state index in [2.05, 4.69) is 5.32 Å². The first-order valence-electron chi connectivity index (χ1n) is 8.94. The third-order valence-corrected chi connectivity index (χ3v) is 3.85. The fraction of sp³-hybridized carbons (Fsp3) is 0.381. The summed E-state index contributed by atoms with van der Waals surface area (Å²) in [5.74, 6) is 0.978. The molecule has 0 saturated heterocycles. The van der Waals surface area contributed by atoms with Crippen molar-refractivity contribution < 1.29 is 23.7 Å². The van der Waals surface area contributed by atoms with Crippen LogP contribution in [0.3, 0.4) is 0 Å². The summed E-state index contributed by atoms with van der Waals surface area (Å²) < 4.78 is 21.4. The van der Waals surface area contributed by atoms with Crippen LogP contribution in [-0.4, -0.2) is 46.5 Å². The number of ether oxygens (including phenoxy) is 4. The normalized spacial score (nSPS) is 10.4. The maximum Gasteiger partial charge on any atom is 0.251 e. The van der Waals surface area contributed by atoms with E-state index < -0.39 is 0 Å². The van der Waals surface area contributed by atoms with E-state index in [1.165, 1.54) is 0 Å². The van der Waals surface area contributed by atoms with Gasteiger partial charge in [-0.3, -0.25) is 4.79 Å². The fourth-order valence-corrected chi connectivity index (χ4v) is 2.39. The molecule has 0 fully saturated rings. The monoisotopic (exact) mass is 373 g/mol. The number of carbonyl (C=O) groups excluding carboxylic acids is 1. The van der Waals surface area contributed by atoms with Crippen molar-refractivity contribution >= 4 is 5.91 Å². The highest BCUT2D eigenvalue weighted by molar-refractivity contribution is 5.94. The zero-order valence-corrected chi connectivity index (χ0v) is 15.9. The quantitative estimate of drug-likeness (QED) is 0.579. The van der Waals surface area contributed by atoms with Crippen LogP contribution >= 0.6 is 0 Å². The van der Waals surface area contributed by atoms with Gasteiger partial charge in [-0.2, -0.15) is 0 Å². The molecule has 27 heavy (non-hydrogen) atoms. The second kappa shape index (κ2) is 11.9. The van der Waals surface area contributed by atoms with Crippen LogP contribution in [0.2, 0.25) is 0 Å². The minimum Gasteiger partial charge on any atom is -0.493 e. The van der Waals surface area contributed by atoms with Gasteiger partial charge in [0.05, 0.1) is 20.3 Å². The van der Waals surface area contributed by atoms with Crippen LogP contribution in [0.25, 0.3) is 0 Å². The van der Waals surface area contributed by atoms with Crippen LogP contribution in [-0.2, 0) is 16.1 Å². The Hall–Kier alpha value is -2.57. The zero-order valence-electron chi connectivity index (χ0n) is 15.9. The number of amides is 1. The van der Waals surface area contributed by atoms with Gasteiger partial charge in [-0.15, -0.1) is 0 Å². The molecule has 0 unspecified atom stereocenters. The van der Waals surface area contributed by atoms with E-state index in [9.17, 15) is 4.79 Å². The summed E-state index contributed by atoms with van der Waals surface area (Å²) in [5.41, 5.74) is 1.59. The van der Waals surface area contributed by atoms with Crippen LogP contribution < -0.4 is 14.8 Å². The molecule has 0 bridgehead atoms. The Bertz CT molecular complexity index is 690. The largest absolute Gasteiger partial charge is 0.493 e. The maximum atomic E-state index is 12.3. The van der Waals surface area contributed by atoms with E-state index in [0.29, 0.717) is 50.0 Å². The molecule has 0 saturated carbocycles. The first-order chi connectivity index (χ1) is 13.2. The molecular formula is C21H27NO5. The summed E-state index contributed by atoms with van der Waals surface area (Å²) >= 11 is 0. The maximum absolute atomic E-state index is 12.3. The second-order valence-electron chi connectivity index (χ2n) is 5.85. The minimum atomic E-state index is -0.153. The van der Waals surface area contributed by atoms with Gasteiger partial charge < -0.3 is 24.3 Å². The van der Waals surface area contributed by atoms with E-state index >= 15 is 0 Å². The molecule has 1 amide bonds. The summed E-state index contributed by atoms with van der Waals surface area (Å²) in [5, 5.41) is 2.87. The molecule has 0 aliphatic carbocycles. The molecule has 0 aromatic heterocycles. The lowest BCUT2D eigenvalue weighted by Gasteiger charge is -2.12. The van der Waals surface area contributed by atoms with Gasteiger partial charge in [-0.1, -0.05) is 30.3 Å². The van der Waals surface area contributed by atoms with E-state index in [4.69, 9.17) is 18.9 Å². The van der Waals surface area contributed by atoms with Crippen LogP contribution in [0.5, 0.6) is 11.5 Å². The predicted molar refractivity (Wildman–Crippen MR) is 103 cm³/mol. The number of hydrogen-bond donors (Lipinski definition) is 1. The topological polar surface area (TPSA) is 66.0 Å². The van der Waals surface area contributed by atoms with Crippen LogP contribution in [0.15, 0.2) is 48.5 Å². The summed E-state index contributed by atoms with van der Waals surface area (Å²) in [6.45, 7) is 2.70. The number of methoxy groups -OCH3 is 2. The number of rotatable bonds is 12. The van der Waals surface area contributed by atoms with Crippen molar-refractivity contribution in [1.29, 1.82) is 0 Å². The Balaban J connectivity index is 1.82. The van der Waals surface area contributed by atoms with Crippen molar-refractivity contribution in [2.45, 2.75) is 13.0 Å². The molecule has 0 aliphatic rings. The van der Waals surface area contributed by atoms with Gasteiger partial charge in [0.1, 0.15) is 6.61 Å². The van der Waals surface area contributed by atoms with Gasteiger partial charge in [-0.25, -0.2) is 0 Å². The standard InChI is InChI=1S/C21H27NO5/c1-24-13-14-26-12-6-11-22-21(23)18-9-10-19(20(15-18)25-2)27-16-17-7-4-3-5-8-17/h3-5,7-10,15H,6,11-14,16H2,1-2H3,(H,22,23). The molecule has 2 aromatic rings. The summed E-state index contributed by atoms with van der Waals surface area (Å²) in [7, 11) is 3.19. The zero-order chi connectivity index (χ0) is 19.3. The molecule has 6 heteroatoms. The van der Waals surface area contributed by atoms with Crippen LogP contribution in [0, 0.1) is 0 Å². The van der Waals surface area contributed by atoms with E-state index in [-0.39, 0.29) is 5.91 Å². The Labute approximate surface area is 160 Å². The molecular weight excluding hydrogens is 346 g/mol. The molecule has 0 heterocycles. The number of carbonyl (C=O) groups is 1. The number of nitrogens with one attached hydrogen (secondary N) is 1. The lowest BCUT2D eigenvalue weighted by Crippen LogP contribution is -2.25. The first kappa shape index (κ1) is 20.7. The van der Waals surface area contributed by atoms with Gasteiger partial charge in [-0.05, 0) is 30.2 Å². The smallest absolute Gasteiger partial charge is 0.251 e. The highest BCUT2D eigenvalue weighted by Crippen LogP contribution is 2.28. The third kappa shape index (κ3) is 7.29. The third-order valence-electron chi connectivity index (χ3n) is 3.85. The molecule has 2 aromatic carbocycles. The molecule has 0 aliphatic heterocycles. The van der Waals surface area contributed by atoms with E-state index in [1.807, 2.05) is 30.3 Å². The molecule has 146 valence electrons. The lowest BCUT2D eigenvalue weighted by atomic mass is 10.2. The average molecular weight is 373 g/mol. The molecule has 6 nitrogen and oxygen atoms in total. The number of hydrogen-bond acceptors (Lipinski definition) is 5. The SMILES string of the molecule is COCCOCCCNC(=O)c1ccc(OCc2ccccc2)c(OC)c1. The highest BCUT2D eigenvalue weighted by Gasteiger charge is 2.11. The van der Waals surface area contributed by atoms with Crippen molar-refractivity contribution in [1.82, 2.24) is 5.32 Å². The molecule has 1 N–H and O–H groups in total. The Morgan fingerprint density at radius 1 is 0.963 bits per heavy atom. The van der Waals surface area contributed by atoms with E-state index in [1.54, 1.807) is 32.4 Å². The van der Waals surface area contributed by atoms with Gasteiger partial charge in [0, 0.05) is 25.8 Å². The average Bonchev–Trinajstić information content (AvgIpc) is 2.72. The van der Waals surface area contributed by atoms with E-state index in [0.717, 1.165) is 12.0 Å². The summed E-state index contributed by atoms with van der Waals surface area (Å²) in [6.07, 6.45) is 0.741. The lowest BCUT2D eigenvalue weighted by molar-refractivity contribution is 0.0688. The highest BCUT2D eigenvalue weighted by atomic mass is 16.5. The minimum absolute atomic E-state index is 0.153.